The molecule has 49 heavy (non-hydrogen) atoms. The largest absolute Gasteiger partial charge is 0.494 e. The maximum Gasteiger partial charge on any atom is 0.338 e. The Labute approximate surface area is 287 Å². The van der Waals surface area contributed by atoms with Crippen LogP contribution in [0.15, 0.2) is 106 Å². The van der Waals surface area contributed by atoms with E-state index in [0.717, 1.165) is 27.5 Å². The second kappa shape index (κ2) is 14.7. The van der Waals surface area contributed by atoms with Crippen LogP contribution in [0.25, 0.3) is 16.8 Å². The van der Waals surface area contributed by atoms with Gasteiger partial charge < -0.3 is 18.9 Å². The second-order valence-corrected chi connectivity index (χ2v) is 12.2. The fourth-order valence-corrected chi connectivity index (χ4v) is 6.84. The number of allylic oxidation sites excluding steroid dienone is 1. The van der Waals surface area contributed by atoms with Crippen molar-refractivity contribution in [1.29, 1.82) is 0 Å². The van der Waals surface area contributed by atoms with Gasteiger partial charge in [-0.1, -0.05) is 65.9 Å². The number of hydrogen-bond donors (Lipinski definition) is 0. The molecule has 0 saturated heterocycles. The molecule has 1 aliphatic rings. The Morgan fingerprint density at radius 2 is 1.55 bits per heavy atom. The Bertz CT molecular complexity index is 2230. The van der Waals surface area contributed by atoms with Gasteiger partial charge in [-0.05, 0) is 86.0 Å². The molecule has 10 heteroatoms. The van der Waals surface area contributed by atoms with Crippen molar-refractivity contribution in [2.45, 2.75) is 40.3 Å². The molecule has 0 saturated carbocycles. The standard InChI is InChI=1S/C39H36N2O7S/c1-5-45-29-19-16-27(17-20-29)35-34(38(44)47-7-3)24(4)40-39-41(35)36(42)33(49-39)22-31-30-11-9-8-10-26(30)18-21-32(31)48-23-25-12-14-28(15-13-25)37(43)46-6-2/h8-22,35H,5-7,23H2,1-4H3/b33-22-/t35-/m0/s1. The Hall–Kier alpha value is -5.48. The van der Waals surface area contributed by atoms with Crippen molar-refractivity contribution < 1.29 is 28.5 Å². The zero-order valence-electron chi connectivity index (χ0n) is 27.7. The SMILES string of the molecule is CCOC(=O)C1=C(C)N=c2s/c(=C\c3c(OCc4ccc(C(=O)OCC)cc4)ccc4ccccc34)c(=O)n2[C@H]1c1ccc(OCC)cc1. The summed E-state index contributed by atoms with van der Waals surface area (Å²) in [6.45, 7) is 8.45. The molecule has 1 atom stereocenters. The average Bonchev–Trinajstić information content (AvgIpc) is 3.41. The van der Waals surface area contributed by atoms with Gasteiger partial charge >= 0.3 is 11.9 Å². The topological polar surface area (TPSA) is 105 Å². The van der Waals surface area contributed by atoms with Crippen molar-refractivity contribution in [3.05, 3.63) is 138 Å². The van der Waals surface area contributed by atoms with E-state index in [1.807, 2.05) is 85.8 Å². The number of fused-ring (bicyclic) bond motifs is 2. The van der Waals surface area contributed by atoms with Crippen molar-refractivity contribution in [2.24, 2.45) is 4.99 Å². The maximum atomic E-state index is 14.4. The number of carbonyl (C=O) groups excluding carboxylic acids is 2. The van der Waals surface area contributed by atoms with Crippen LogP contribution >= 0.6 is 11.3 Å². The van der Waals surface area contributed by atoms with Crippen LogP contribution in [0.3, 0.4) is 0 Å². The van der Waals surface area contributed by atoms with Gasteiger partial charge in [0, 0.05) is 5.56 Å². The molecule has 1 aromatic heterocycles. The van der Waals surface area contributed by atoms with Gasteiger partial charge in [-0.25, -0.2) is 14.6 Å². The quantitative estimate of drug-likeness (QED) is 0.156. The Morgan fingerprint density at radius 1 is 0.837 bits per heavy atom. The van der Waals surface area contributed by atoms with Crippen LogP contribution in [-0.2, 0) is 20.9 Å². The number of hydrogen-bond acceptors (Lipinski definition) is 9. The lowest BCUT2D eigenvalue weighted by Gasteiger charge is -2.24. The van der Waals surface area contributed by atoms with Crippen LogP contribution in [0.2, 0.25) is 0 Å². The van der Waals surface area contributed by atoms with Crippen LogP contribution in [0.1, 0.15) is 60.8 Å². The minimum atomic E-state index is -0.742. The minimum Gasteiger partial charge on any atom is -0.494 e. The first-order valence-corrected chi connectivity index (χ1v) is 17.0. The highest BCUT2D eigenvalue weighted by Gasteiger charge is 2.33. The molecule has 9 nitrogen and oxygen atoms in total. The molecule has 4 aromatic carbocycles. The van der Waals surface area contributed by atoms with Crippen LogP contribution in [0.5, 0.6) is 11.5 Å². The lowest BCUT2D eigenvalue weighted by atomic mass is 9.96. The fraction of sp³-hybridized carbons (Fsp3) is 0.231. The normalized spacial score (nSPS) is 14.3. The van der Waals surface area contributed by atoms with E-state index in [-0.39, 0.29) is 24.7 Å². The molecular weight excluding hydrogens is 641 g/mol. The molecule has 2 heterocycles. The molecule has 0 spiro atoms. The van der Waals surface area contributed by atoms with Gasteiger partial charge in [0.05, 0.1) is 47.2 Å². The Kier molecular flexibility index (Phi) is 10.1. The van der Waals surface area contributed by atoms with Crippen LogP contribution in [-0.4, -0.2) is 36.3 Å². The summed E-state index contributed by atoms with van der Waals surface area (Å²) in [6.07, 6.45) is 1.84. The predicted octanol–water partition coefficient (Wildman–Crippen LogP) is 6.11. The molecular formula is C39H36N2O7S. The fourth-order valence-electron chi connectivity index (χ4n) is 5.81. The lowest BCUT2D eigenvalue weighted by Crippen LogP contribution is -2.39. The monoisotopic (exact) mass is 676 g/mol. The number of benzene rings is 4. The third-order valence-electron chi connectivity index (χ3n) is 8.09. The van der Waals surface area contributed by atoms with E-state index in [1.54, 1.807) is 37.5 Å². The summed E-state index contributed by atoms with van der Waals surface area (Å²) in [6, 6.07) is 25.5. The Balaban J connectivity index is 1.44. The van der Waals surface area contributed by atoms with Crippen molar-refractivity contribution in [3.63, 3.8) is 0 Å². The lowest BCUT2D eigenvalue weighted by molar-refractivity contribution is -0.139. The zero-order chi connectivity index (χ0) is 34.5. The third-order valence-corrected chi connectivity index (χ3v) is 9.07. The van der Waals surface area contributed by atoms with Crippen molar-refractivity contribution in [1.82, 2.24) is 4.57 Å². The van der Waals surface area contributed by atoms with Gasteiger partial charge in [0.25, 0.3) is 5.56 Å². The molecule has 0 radical (unpaired) electrons. The number of esters is 2. The van der Waals surface area contributed by atoms with Crippen molar-refractivity contribution in [2.75, 3.05) is 19.8 Å². The number of aromatic nitrogens is 1. The van der Waals surface area contributed by atoms with Gasteiger partial charge in [-0.15, -0.1) is 0 Å². The van der Waals surface area contributed by atoms with Crippen LogP contribution < -0.4 is 24.4 Å². The van der Waals surface area contributed by atoms with Crippen LogP contribution in [0.4, 0.5) is 0 Å². The molecule has 0 N–H and O–H groups in total. The predicted molar refractivity (Wildman–Crippen MR) is 189 cm³/mol. The summed E-state index contributed by atoms with van der Waals surface area (Å²) in [5.74, 6) is 0.389. The first kappa shape index (κ1) is 33.4. The number of thiazole rings is 1. The molecule has 0 bridgehead atoms. The highest BCUT2D eigenvalue weighted by Crippen LogP contribution is 2.33. The highest BCUT2D eigenvalue weighted by atomic mass is 32.1. The molecule has 250 valence electrons. The van der Waals surface area contributed by atoms with E-state index in [0.29, 0.717) is 50.9 Å². The van der Waals surface area contributed by atoms with E-state index >= 15 is 0 Å². The molecule has 6 rings (SSSR count). The molecule has 5 aromatic rings. The van der Waals surface area contributed by atoms with E-state index < -0.39 is 12.0 Å². The molecule has 0 aliphatic carbocycles. The molecule has 0 fully saturated rings. The number of nitrogens with zero attached hydrogens (tertiary/aromatic N) is 2. The van der Waals surface area contributed by atoms with E-state index in [2.05, 4.69) is 0 Å². The number of carbonyl (C=O) groups is 2. The summed E-state index contributed by atoms with van der Waals surface area (Å²) in [5, 5.41) is 1.90. The van der Waals surface area contributed by atoms with Gasteiger partial charge in [0.2, 0.25) is 0 Å². The van der Waals surface area contributed by atoms with Gasteiger partial charge in [-0.3, -0.25) is 9.36 Å². The summed E-state index contributed by atoms with van der Waals surface area (Å²) in [5.41, 5.74) is 3.33. The van der Waals surface area contributed by atoms with E-state index in [1.165, 1.54) is 11.3 Å². The minimum absolute atomic E-state index is 0.190. The smallest absolute Gasteiger partial charge is 0.338 e. The molecule has 0 amide bonds. The van der Waals surface area contributed by atoms with Crippen molar-refractivity contribution >= 4 is 40.1 Å². The first-order chi connectivity index (χ1) is 23.8. The van der Waals surface area contributed by atoms with E-state index in [9.17, 15) is 14.4 Å². The highest BCUT2D eigenvalue weighted by molar-refractivity contribution is 7.07. The maximum absolute atomic E-state index is 14.4. The van der Waals surface area contributed by atoms with Gasteiger partial charge in [0.1, 0.15) is 18.1 Å². The zero-order valence-corrected chi connectivity index (χ0v) is 28.5. The molecule has 1 aliphatic heterocycles. The summed E-state index contributed by atoms with van der Waals surface area (Å²) >= 11 is 1.26. The average molecular weight is 677 g/mol. The van der Waals surface area contributed by atoms with E-state index in [4.69, 9.17) is 23.9 Å². The summed E-state index contributed by atoms with van der Waals surface area (Å²) in [7, 11) is 0. The summed E-state index contributed by atoms with van der Waals surface area (Å²) in [4.78, 5) is 45.0. The van der Waals surface area contributed by atoms with Gasteiger partial charge in [0.15, 0.2) is 4.80 Å². The second-order valence-electron chi connectivity index (χ2n) is 11.2. The first-order valence-electron chi connectivity index (χ1n) is 16.2. The number of rotatable bonds is 11. The third kappa shape index (κ3) is 6.91. The van der Waals surface area contributed by atoms with Gasteiger partial charge in [-0.2, -0.15) is 0 Å². The Morgan fingerprint density at radius 3 is 2.27 bits per heavy atom. The number of ether oxygens (including phenoxy) is 4. The van der Waals surface area contributed by atoms with Crippen LogP contribution in [0, 0.1) is 0 Å². The summed E-state index contributed by atoms with van der Waals surface area (Å²) < 4.78 is 24.5. The molecule has 0 unspecified atom stereocenters. The van der Waals surface area contributed by atoms with Crippen molar-refractivity contribution in [3.8, 4) is 11.5 Å².